The quantitative estimate of drug-likeness (QED) is 0.466. The van der Waals surface area contributed by atoms with Crippen LogP contribution in [0.15, 0.2) is 71.6 Å². The molecule has 0 aliphatic carbocycles. The summed E-state index contributed by atoms with van der Waals surface area (Å²) >= 11 is 0. The first-order valence-corrected chi connectivity index (χ1v) is 10.8. The lowest BCUT2D eigenvalue weighted by Gasteiger charge is -2.13. The number of hydrogen-bond acceptors (Lipinski definition) is 4. The molecule has 3 amide bonds. The molecule has 0 saturated carbocycles. The van der Waals surface area contributed by atoms with Gasteiger partial charge >= 0.3 is 6.03 Å². The summed E-state index contributed by atoms with van der Waals surface area (Å²) in [5.74, 6) is -0.466. The Balaban J connectivity index is 1.84. The van der Waals surface area contributed by atoms with Crippen molar-refractivity contribution in [3.8, 4) is 0 Å². The summed E-state index contributed by atoms with van der Waals surface area (Å²) in [6.45, 7) is 3.54. The third kappa shape index (κ3) is 5.61. The predicted molar refractivity (Wildman–Crippen MR) is 121 cm³/mol. The Morgan fingerprint density at radius 1 is 0.806 bits per heavy atom. The molecule has 31 heavy (non-hydrogen) atoms. The number of primary amides is 1. The summed E-state index contributed by atoms with van der Waals surface area (Å²) in [7, 11) is -3.87. The van der Waals surface area contributed by atoms with Crippen molar-refractivity contribution in [3.63, 3.8) is 0 Å². The summed E-state index contributed by atoms with van der Waals surface area (Å²) in [5.41, 5.74) is 7.96. The van der Waals surface area contributed by atoms with Gasteiger partial charge in [0.25, 0.3) is 15.9 Å². The van der Waals surface area contributed by atoms with E-state index < -0.39 is 22.0 Å². The third-order valence-electron chi connectivity index (χ3n) is 4.40. The van der Waals surface area contributed by atoms with Gasteiger partial charge < -0.3 is 16.4 Å². The van der Waals surface area contributed by atoms with Crippen molar-refractivity contribution in [2.24, 2.45) is 5.73 Å². The number of nitrogens with two attached hydrogens (primary N) is 1. The molecule has 0 aromatic heterocycles. The Morgan fingerprint density at radius 2 is 1.48 bits per heavy atom. The number of nitrogens with one attached hydrogen (secondary N) is 3. The molecule has 0 atom stereocenters. The highest BCUT2D eigenvalue weighted by Gasteiger charge is 2.18. The zero-order valence-electron chi connectivity index (χ0n) is 17.0. The minimum Gasteiger partial charge on any atom is -0.351 e. The molecular weight excluding hydrogens is 416 g/mol. The summed E-state index contributed by atoms with van der Waals surface area (Å²) in [4.78, 5) is 23.7. The van der Waals surface area contributed by atoms with Gasteiger partial charge in [-0.3, -0.25) is 9.52 Å². The highest BCUT2D eigenvalue weighted by Crippen LogP contribution is 2.24. The molecule has 0 aliphatic rings. The number of rotatable bonds is 6. The van der Waals surface area contributed by atoms with E-state index in [9.17, 15) is 18.0 Å². The van der Waals surface area contributed by atoms with E-state index in [-0.39, 0.29) is 10.5 Å². The average Bonchev–Trinajstić information content (AvgIpc) is 2.68. The van der Waals surface area contributed by atoms with Crippen LogP contribution in [0.1, 0.15) is 21.5 Å². The van der Waals surface area contributed by atoms with E-state index in [0.717, 1.165) is 5.56 Å². The summed E-state index contributed by atoms with van der Waals surface area (Å²) in [5, 5.41) is 5.08. The predicted octanol–water partition coefficient (Wildman–Crippen LogP) is 3.85. The van der Waals surface area contributed by atoms with Gasteiger partial charge in [-0.1, -0.05) is 24.3 Å². The van der Waals surface area contributed by atoms with Gasteiger partial charge in [0.1, 0.15) is 0 Å². The van der Waals surface area contributed by atoms with E-state index >= 15 is 0 Å². The van der Waals surface area contributed by atoms with Crippen LogP contribution in [0.2, 0.25) is 0 Å². The van der Waals surface area contributed by atoms with Crippen LogP contribution in [0.25, 0.3) is 0 Å². The molecule has 0 radical (unpaired) electrons. The second kappa shape index (κ2) is 8.88. The normalized spacial score (nSPS) is 10.9. The zero-order valence-corrected chi connectivity index (χ0v) is 17.8. The smallest absolute Gasteiger partial charge is 0.316 e. The number of urea groups is 1. The molecular formula is C22H22N4O4S. The van der Waals surface area contributed by atoms with Crippen LogP contribution in [-0.4, -0.2) is 20.4 Å². The largest absolute Gasteiger partial charge is 0.351 e. The van der Waals surface area contributed by atoms with E-state index in [4.69, 9.17) is 5.73 Å². The van der Waals surface area contributed by atoms with Crippen molar-refractivity contribution in [1.29, 1.82) is 0 Å². The molecule has 0 heterocycles. The van der Waals surface area contributed by atoms with Crippen LogP contribution in [0.3, 0.4) is 0 Å². The monoisotopic (exact) mass is 438 g/mol. The Kier molecular flexibility index (Phi) is 6.26. The lowest BCUT2D eigenvalue weighted by molar-refractivity contribution is 0.102. The third-order valence-corrected chi connectivity index (χ3v) is 5.92. The molecule has 9 heteroatoms. The standard InChI is InChI=1S/C22H22N4O4S/c1-14-5-3-8-19(11-14)26-31(29,30)20-13-18(10-9-15(20)2)24-21(27)16-6-4-7-17(12-16)25-22(23)28/h3-13,26H,1-2H3,(H,24,27)(H3,23,25,28). The minimum absolute atomic E-state index is 0.0518. The van der Waals surface area contributed by atoms with Gasteiger partial charge in [-0.25, -0.2) is 13.2 Å². The highest BCUT2D eigenvalue weighted by atomic mass is 32.2. The molecule has 0 saturated heterocycles. The topological polar surface area (TPSA) is 130 Å². The van der Waals surface area contributed by atoms with E-state index in [1.165, 1.54) is 12.1 Å². The van der Waals surface area contributed by atoms with E-state index in [1.807, 2.05) is 13.0 Å². The first-order chi connectivity index (χ1) is 14.6. The lowest BCUT2D eigenvalue weighted by Crippen LogP contribution is -2.20. The van der Waals surface area contributed by atoms with Gasteiger partial charge in [-0.05, 0) is 67.4 Å². The van der Waals surface area contributed by atoms with Crippen LogP contribution in [0.5, 0.6) is 0 Å². The highest BCUT2D eigenvalue weighted by molar-refractivity contribution is 7.92. The van der Waals surface area contributed by atoms with Crippen molar-refractivity contribution in [1.82, 2.24) is 0 Å². The van der Waals surface area contributed by atoms with Gasteiger partial charge in [0, 0.05) is 22.6 Å². The summed E-state index contributed by atoms with van der Waals surface area (Å²) in [6, 6.07) is 17.1. The molecule has 0 unspecified atom stereocenters. The molecule has 8 nitrogen and oxygen atoms in total. The lowest BCUT2D eigenvalue weighted by atomic mass is 10.1. The Bertz CT molecular complexity index is 1260. The number of amides is 3. The molecule has 160 valence electrons. The van der Waals surface area contributed by atoms with Gasteiger partial charge in [-0.2, -0.15) is 0 Å². The van der Waals surface area contributed by atoms with Gasteiger partial charge in [0.15, 0.2) is 0 Å². The minimum atomic E-state index is -3.87. The molecule has 0 bridgehead atoms. The fraction of sp³-hybridized carbons (Fsp3) is 0.0909. The van der Waals surface area contributed by atoms with Crippen molar-refractivity contribution < 1.29 is 18.0 Å². The summed E-state index contributed by atoms with van der Waals surface area (Å²) < 4.78 is 28.4. The second-order valence-electron chi connectivity index (χ2n) is 6.98. The number of benzene rings is 3. The Labute approximate surface area is 180 Å². The van der Waals surface area contributed by atoms with Crippen molar-refractivity contribution in [2.75, 3.05) is 15.4 Å². The number of hydrogen-bond donors (Lipinski definition) is 4. The molecule has 3 aromatic carbocycles. The SMILES string of the molecule is Cc1cccc(NS(=O)(=O)c2cc(NC(=O)c3cccc(NC(N)=O)c3)ccc2C)c1. The van der Waals surface area contributed by atoms with E-state index in [2.05, 4.69) is 15.4 Å². The average molecular weight is 439 g/mol. The maximum atomic E-state index is 12.9. The number of sulfonamides is 1. The van der Waals surface area contributed by atoms with Crippen LogP contribution in [0.4, 0.5) is 21.9 Å². The summed E-state index contributed by atoms with van der Waals surface area (Å²) in [6.07, 6.45) is 0. The van der Waals surface area contributed by atoms with Crippen molar-refractivity contribution in [3.05, 3.63) is 83.4 Å². The van der Waals surface area contributed by atoms with Crippen LogP contribution in [-0.2, 0) is 10.0 Å². The van der Waals surface area contributed by atoms with Crippen LogP contribution in [0, 0.1) is 13.8 Å². The molecule has 3 aromatic rings. The molecule has 5 N–H and O–H groups in total. The zero-order chi connectivity index (χ0) is 22.6. The second-order valence-corrected chi connectivity index (χ2v) is 8.63. The van der Waals surface area contributed by atoms with Crippen LogP contribution < -0.4 is 21.1 Å². The number of aryl methyl sites for hydroxylation is 2. The maximum Gasteiger partial charge on any atom is 0.316 e. The van der Waals surface area contributed by atoms with Gasteiger partial charge in [-0.15, -0.1) is 0 Å². The molecule has 0 spiro atoms. The number of carbonyl (C=O) groups excluding carboxylic acids is 2. The molecule has 0 aliphatic heterocycles. The molecule has 3 rings (SSSR count). The van der Waals surface area contributed by atoms with Gasteiger partial charge in [0.2, 0.25) is 0 Å². The Morgan fingerprint density at radius 3 is 2.19 bits per heavy atom. The first-order valence-electron chi connectivity index (χ1n) is 9.32. The first kappa shape index (κ1) is 21.8. The number of carbonyl (C=O) groups is 2. The molecule has 0 fully saturated rings. The van der Waals surface area contributed by atoms with Crippen LogP contribution >= 0.6 is 0 Å². The van der Waals surface area contributed by atoms with E-state index in [0.29, 0.717) is 22.6 Å². The fourth-order valence-corrected chi connectivity index (χ4v) is 4.29. The Hall–Kier alpha value is -3.85. The fourth-order valence-electron chi connectivity index (χ4n) is 2.97. The van der Waals surface area contributed by atoms with Gasteiger partial charge in [0.05, 0.1) is 4.90 Å². The number of anilines is 3. The van der Waals surface area contributed by atoms with Crippen molar-refractivity contribution >= 4 is 39.0 Å². The van der Waals surface area contributed by atoms with Crippen molar-refractivity contribution in [2.45, 2.75) is 18.7 Å². The maximum absolute atomic E-state index is 12.9. The van der Waals surface area contributed by atoms with E-state index in [1.54, 1.807) is 55.5 Å².